The molecule has 1 aliphatic heterocycles. The lowest BCUT2D eigenvalue weighted by molar-refractivity contribution is -0.177. The molecule has 0 bridgehead atoms. The van der Waals surface area contributed by atoms with Gasteiger partial charge in [-0.05, 0) is 92.6 Å². The first-order valence-electron chi connectivity index (χ1n) is 15.5. The molecule has 8 heteroatoms. The van der Waals surface area contributed by atoms with E-state index in [2.05, 4.69) is 24.8 Å². The molecule has 220 valence electrons. The van der Waals surface area contributed by atoms with E-state index in [0.717, 1.165) is 96.2 Å². The van der Waals surface area contributed by atoms with Gasteiger partial charge in [0, 0.05) is 37.7 Å². The Hall–Kier alpha value is -2.16. The maximum atomic E-state index is 12.5. The predicted octanol–water partition coefficient (Wildman–Crippen LogP) is 4.87. The number of carboxylic acid groups (broad SMARTS) is 1. The highest BCUT2D eigenvalue weighted by Crippen LogP contribution is 2.70. The molecular weight excluding hydrogens is 508 g/mol. The molecule has 8 nitrogen and oxygen atoms in total. The van der Waals surface area contributed by atoms with Crippen LogP contribution in [0.15, 0.2) is 39.3 Å². The molecule has 2 N–H and O–H groups in total. The third kappa shape index (κ3) is 4.54. The Balaban J connectivity index is 1.18. The van der Waals surface area contributed by atoms with E-state index in [1.165, 1.54) is 11.6 Å². The average molecular weight is 555 g/mol. The fourth-order valence-electron chi connectivity index (χ4n) is 9.72. The van der Waals surface area contributed by atoms with Gasteiger partial charge in [0.15, 0.2) is 0 Å². The molecule has 40 heavy (non-hydrogen) atoms. The van der Waals surface area contributed by atoms with Crippen molar-refractivity contribution in [2.24, 2.45) is 22.7 Å². The van der Waals surface area contributed by atoms with Gasteiger partial charge in [-0.25, -0.2) is 9.59 Å². The van der Waals surface area contributed by atoms with Gasteiger partial charge in [-0.1, -0.05) is 25.5 Å². The number of aliphatic hydroxyl groups is 1. The van der Waals surface area contributed by atoms with Crippen LogP contribution in [-0.4, -0.2) is 77.1 Å². The van der Waals surface area contributed by atoms with E-state index in [-0.39, 0.29) is 34.3 Å². The summed E-state index contributed by atoms with van der Waals surface area (Å²) in [5.74, 6) is 0.818. The topological polar surface area (TPSA) is 103 Å². The summed E-state index contributed by atoms with van der Waals surface area (Å²) in [6.07, 6.45) is 11.3. The first-order valence-corrected chi connectivity index (χ1v) is 15.5. The van der Waals surface area contributed by atoms with Crippen LogP contribution in [0.2, 0.25) is 0 Å². The van der Waals surface area contributed by atoms with Crippen molar-refractivity contribution in [1.82, 2.24) is 9.80 Å². The Morgan fingerprint density at radius 3 is 2.60 bits per heavy atom. The Morgan fingerprint density at radius 1 is 1.07 bits per heavy atom. The number of amides is 1. The molecule has 0 radical (unpaired) electrons. The van der Waals surface area contributed by atoms with Gasteiger partial charge in [-0.15, -0.1) is 0 Å². The van der Waals surface area contributed by atoms with Crippen LogP contribution >= 0.6 is 0 Å². The van der Waals surface area contributed by atoms with Crippen LogP contribution in [0.5, 0.6) is 0 Å². The Kier molecular flexibility index (Phi) is 7.41. The Labute approximate surface area is 237 Å². The zero-order valence-electron chi connectivity index (χ0n) is 24.1. The Morgan fingerprint density at radius 2 is 1.88 bits per heavy atom. The van der Waals surface area contributed by atoms with Crippen molar-refractivity contribution in [3.63, 3.8) is 0 Å². The molecule has 1 amide bonds. The van der Waals surface area contributed by atoms with Crippen LogP contribution in [-0.2, 0) is 4.74 Å². The molecule has 0 aromatic carbocycles. The second-order valence-electron chi connectivity index (χ2n) is 13.6. The maximum absolute atomic E-state index is 12.5. The highest BCUT2D eigenvalue weighted by molar-refractivity contribution is 5.66. The summed E-state index contributed by atoms with van der Waals surface area (Å²) < 4.78 is 10.7. The van der Waals surface area contributed by atoms with E-state index in [1.807, 2.05) is 6.07 Å². The molecule has 7 atom stereocenters. The molecule has 4 aliphatic carbocycles. The molecule has 5 aliphatic rings. The number of hydrogen-bond acceptors (Lipinski definition) is 6. The van der Waals surface area contributed by atoms with Crippen LogP contribution in [0.1, 0.15) is 83.1 Å². The van der Waals surface area contributed by atoms with Crippen LogP contribution in [0.4, 0.5) is 4.79 Å². The number of ether oxygens (including phenoxy) is 1. The van der Waals surface area contributed by atoms with E-state index in [4.69, 9.17) is 9.15 Å². The summed E-state index contributed by atoms with van der Waals surface area (Å²) in [7, 11) is 0. The first kappa shape index (κ1) is 28.0. The fourth-order valence-corrected chi connectivity index (χ4v) is 9.72. The van der Waals surface area contributed by atoms with Gasteiger partial charge >= 0.3 is 11.7 Å². The summed E-state index contributed by atoms with van der Waals surface area (Å²) in [4.78, 5) is 27.9. The lowest BCUT2D eigenvalue weighted by Crippen LogP contribution is -2.60. The minimum absolute atomic E-state index is 0.00603. The SMILES string of the molecule is C[C@]12CC[C@H](N(CCCN3CCOCC3)C(=O)O)C=C1CC[C@@H]1[C@@H]2CC[C@]2(C)[C@@H](c3ccc(=O)oc3)CC[C@]12O. The summed E-state index contributed by atoms with van der Waals surface area (Å²) in [5.41, 5.74) is 1.13. The molecule has 1 aromatic heterocycles. The van der Waals surface area contributed by atoms with E-state index >= 15 is 0 Å². The van der Waals surface area contributed by atoms with Gasteiger partial charge in [-0.3, -0.25) is 4.90 Å². The third-order valence-corrected chi connectivity index (χ3v) is 12.0. The van der Waals surface area contributed by atoms with Crippen molar-refractivity contribution < 1.29 is 24.2 Å². The highest BCUT2D eigenvalue weighted by atomic mass is 16.5. The smallest absolute Gasteiger partial charge is 0.407 e. The molecule has 0 unspecified atom stereocenters. The predicted molar refractivity (Wildman–Crippen MR) is 151 cm³/mol. The zero-order valence-corrected chi connectivity index (χ0v) is 24.1. The lowest BCUT2D eigenvalue weighted by Gasteiger charge is -2.62. The van der Waals surface area contributed by atoms with E-state index in [9.17, 15) is 19.8 Å². The van der Waals surface area contributed by atoms with Crippen LogP contribution in [0.3, 0.4) is 0 Å². The van der Waals surface area contributed by atoms with Crippen molar-refractivity contribution in [3.05, 3.63) is 46.0 Å². The van der Waals surface area contributed by atoms with E-state index in [0.29, 0.717) is 12.5 Å². The van der Waals surface area contributed by atoms with Crippen molar-refractivity contribution in [3.8, 4) is 0 Å². The second-order valence-corrected chi connectivity index (χ2v) is 13.6. The van der Waals surface area contributed by atoms with Crippen molar-refractivity contribution in [1.29, 1.82) is 0 Å². The largest absolute Gasteiger partial charge is 0.465 e. The van der Waals surface area contributed by atoms with Crippen LogP contribution in [0.25, 0.3) is 0 Å². The minimum atomic E-state index is -0.822. The number of carbonyl (C=O) groups is 1. The van der Waals surface area contributed by atoms with Crippen molar-refractivity contribution >= 4 is 6.09 Å². The van der Waals surface area contributed by atoms with Gasteiger partial charge in [0.1, 0.15) is 0 Å². The van der Waals surface area contributed by atoms with Gasteiger partial charge in [0.25, 0.3) is 0 Å². The minimum Gasteiger partial charge on any atom is -0.465 e. The second kappa shape index (κ2) is 10.6. The van der Waals surface area contributed by atoms with Gasteiger partial charge in [-0.2, -0.15) is 0 Å². The zero-order chi connectivity index (χ0) is 28.1. The van der Waals surface area contributed by atoms with E-state index < -0.39 is 11.7 Å². The molecule has 3 saturated carbocycles. The molecule has 1 aromatic rings. The monoisotopic (exact) mass is 554 g/mol. The molecule has 2 heterocycles. The Bertz CT molecular complexity index is 1170. The van der Waals surface area contributed by atoms with Crippen LogP contribution in [0, 0.1) is 22.7 Å². The number of nitrogens with zero attached hydrogens (tertiary/aromatic N) is 2. The molecule has 6 rings (SSSR count). The average Bonchev–Trinajstić information content (AvgIpc) is 3.23. The number of hydrogen-bond donors (Lipinski definition) is 2. The standard InChI is InChI=1S/C32H46N2O6/c1-30-11-8-24(34(29(36)37)15-3-14-33-16-18-39-19-17-33)20-23(30)5-6-27-26(30)9-12-31(2)25(10-13-32(27,31)38)22-4-7-28(35)40-21-22/h4,7,20-21,24-27,38H,3,5-6,8-19H2,1-2H3,(H,36,37)/t24-,25+,26-,27+,30-,31+,32-/m0/s1. The van der Waals surface area contributed by atoms with Crippen LogP contribution < -0.4 is 5.63 Å². The number of morpholine rings is 1. The van der Waals surface area contributed by atoms with Crippen molar-refractivity contribution in [2.45, 2.75) is 89.2 Å². The highest BCUT2D eigenvalue weighted by Gasteiger charge is 2.66. The van der Waals surface area contributed by atoms with Gasteiger partial charge < -0.3 is 24.3 Å². The summed E-state index contributed by atoms with van der Waals surface area (Å²) in [6.45, 7) is 9.49. The molecule has 1 saturated heterocycles. The third-order valence-electron chi connectivity index (χ3n) is 12.0. The van der Waals surface area contributed by atoms with E-state index in [1.54, 1.807) is 11.2 Å². The van der Waals surface area contributed by atoms with Gasteiger partial charge in [0.05, 0.1) is 31.1 Å². The molecule has 4 fully saturated rings. The number of rotatable bonds is 6. The fraction of sp³-hybridized carbons (Fsp3) is 0.750. The number of allylic oxidation sites excluding steroid dienone is 1. The summed E-state index contributed by atoms with van der Waals surface area (Å²) in [6, 6.07) is 3.32. The normalized spacial score (nSPS) is 39.5. The first-order chi connectivity index (χ1) is 19.2. The lowest BCUT2D eigenvalue weighted by atomic mass is 9.45. The molecule has 0 spiro atoms. The summed E-state index contributed by atoms with van der Waals surface area (Å²) >= 11 is 0. The summed E-state index contributed by atoms with van der Waals surface area (Å²) in [5, 5.41) is 22.6. The maximum Gasteiger partial charge on any atom is 0.407 e. The number of fused-ring (bicyclic) bond motifs is 5. The van der Waals surface area contributed by atoms with Gasteiger partial charge in [0.2, 0.25) is 0 Å². The molecular formula is C32H46N2O6. The van der Waals surface area contributed by atoms with Crippen molar-refractivity contribution in [2.75, 3.05) is 39.4 Å². The quantitative estimate of drug-likeness (QED) is 0.484.